The summed E-state index contributed by atoms with van der Waals surface area (Å²) in [5.41, 5.74) is 5.24. The lowest BCUT2D eigenvalue weighted by Crippen LogP contribution is -2.34. The number of rotatable bonds is 3. The second-order valence-corrected chi connectivity index (χ2v) is 3.07. The van der Waals surface area contributed by atoms with Gasteiger partial charge in [-0.15, -0.1) is 0 Å². The van der Waals surface area contributed by atoms with E-state index in [0.29, 0.717) is 0 Å². The molecule has 0 aliphatic heterocycles. The van der Waals surface area contributed by atoms with E-state index >= 15 is 0 Å². The predicted molar refractivity (Wildman–Crippen MR) is 50.7 cm³/mol. The van der Waals surface area contributed by atoms with Crippen LogP contribution in [0.15, 0.2) is 4.42 Å². The van der Waals surface area contributed by atoms with Crippen molar-refractivity contribution in [3.05, 3.63) is 0 Å². The molecule has 1 heterocycles. The molecule has 0 aliphatic carbocycles. The normalized spacial score (nSPS) is 9.93. The lowest BCUT2D eigenvalue weighted by Gasteiger charge is -2.16. The first-order chi connectivity index (χ1) is 6.50. The Morgan fingerprint density at radius 3 is 2.50 bits per heavy atom. The van der Waals surface area contributed by atoms with Gasteiger partial charge in [0.15, 0.2) is 0 Å². The van der Waals surface area contributed by atoms with Gasteiger partial charge in [0.05, 0.1) is 0 Å². The molecular formula is C7H13N5O2. The summed E-state index contributed by atoms with van der Waals surface area (Å²) in [6, 6.07) is 0.224. The van der Waals surface area contributed by atoms with Gasteiger partial charge in [0.25, 0.3) is 0 Å². The number of likely N-dealkylation sites (N-methyl/N-ethyl adjacent to an activating group) is 2. The van der Waals surface area contributed by atoms with Crippen LogP contribution in [0.4, 0.5) is 12.0 Å². The zero-order valence-corrected chi connectivity index (χ0v) is 8.39. The van der Waals surface area contributed by atoms with Crippen LogP contribution in [0.5, 0.6) is 0 Å². The molecule has 0 fully saturated rings. The molecule has 7 heteroatoms. The highest BCUT2D eigenvalue weighted by Crippen LogP contribution is 2.10. The average molecular weight is 199 g/mol. The number of nitrogens with two attached hydrogens (primary N) is 1. The van der Waals surface area contributed by atoms with Crippen molar-refractivity contribution in [1.29, 1.82) is 0 Å². The van der Waals surface area contributed by atoms with Gasteiger partial charge in [-0.3, -0.25) is 4.79 Å². The second-order valence-electron chi connectivity index (χ2n) is 3.07. The van der Waals surface area contributed by atoms with Crippen LogP contribution in [0.3, 0.4) is 0 Å². The number of anilines is 2. The zero-order valence-electron chi connectivity index (χ0n) is 8.39. The molecule has 0 aliphatic rings. The molecule has 14 heavy (non-hydrogen) atoms. The fourth-order valence-corrected chi connectivity index (χ4v) is 0.793. The first kappa shape index (κ1) is 10.3. The van der Waals surface area contributed by atoms with Gasteiger partial charge in [0, 0.05) is 21.1 Å². The number of hydrogen-bond donors (Lipinski definition) is 1. The van der Waals surface area contributed by atoms with E-state index in [4.69, 9.17) is 10.2 Å². The molecule has 0 spiro atoms. The Balaban J connectivity index is 2.59. The van der Waals surface area contributed by atoms with Gasteiger partial charge < -0.3 is 20.0 Å². The lowest BCUT2D eigenvalue weighted by molar-refractivity contribution is -0.127. The monoisotopic (exact) mass is 199 g/mol. The Bertz CT molecular complexity index is 322. The summed E-state index contributed by atoms with van der Waals surface area (Å²) in [6.07, 6.45) is 0. The number of carbonyl (C=O) groups is 1. The predicted octanol–water partition coefficient (Wildman–Crippen LogP) is -0.824. The highest BCUT2D eigenvalue weighted by atomic mass is 16.4. The molecule has 78 valence electrons. The molecule has 0 saturated heterocycles. The molecule has 1 aromatic rings. The maximum absolute atomic E-state index is 11.3. The fourth-order valence-electron chi connectivity index (χ4n) is 0.793. The summed E-state index contributed by atoms with van der Waals surface area (Å²) in [7, 11) is 5.03. The maximum Gasteiger partial charge on any atom is 0.319 e. The van der Waals surface area contributed by atoms with E-state index in [-0.39, 0.29) is 24.5 Å². The van der Waals surface area contributed by atoms with E-state index in [2.05, 4.69) is 10.2 Å². The summed E-state index contributed by atoms with van der Waals surface area (Å²) in [6.45, 7) is 0.175. The van der Waals surface area contributed by atoms with E-state index in [1.807, 2.05) is 0 Å². The van der Waals surface area contributed by atoms with Gasteiger partial charge in [-0.2, -0.15) is 0 Å². The fraction of sp³-hybridized carbons (Fsp3) is 0.571. The number of carbonyl (C=O) groups excluding carboxylic acids is 1. The van der Waals surface area contributed by atoms with Crippen molar-refractivity contribution in [2.45, 2.75) is 0 Å². The third-order valence-electron chi connectivity index (χ3n) is 1.63. The molecule has 0 bridgehead atoms. The van der Waals surface area contributed by atoms with Gasteiger partial charge >= 0.3 is 12.0 Å². The van der Waals surface area contributed by atoms with Crippen LogP contribution in [-0.4, -0.2) is 48.7 Å². The van der Waals surface area contributed by atoms with Crippen molar-refractivity contribution < 1.29 is 9.21 Å². The van der Waals surface area contributed by atoms with E-state index in [0.717, 1.165) is 0 Å². The molecule has 7 nitrogen and oxygen atoms in total. The Kier molecular flexibility index (Phi) is 2.90. The van der Waals surface area contributed by atoms with Crippen molar-refractivity contribution >= 4 is 17.9 Å². The van der Waals surface area contributed by atoms with Crippen molar-refractivity contribution in [2.24, 2.45) is 0 Å². The number of amides is 1. The Morgan fingerprint density at radius 2 is 2.07 bits per heavy atom. The van der Waals surface area contributed by atoms with Crippen molar-refractivity contribution in [1.82, 2.24) is 15.1 Å². The first-order valence-electron chi connectivity index (χ1n) is 4.01. The number of nitrogens with zero attached hydrogens (tertiary/aromatic N) is 4. The minimum absolute atomic E-state index is 0.0100. The summed E-state index contributed by atoms with van der Waals surface area (Å²) in [5.74, 6) is -0.0516. The van der Waals surface area contributed by atoms with E-state index < -0.39 is 0 Å². The standard InChI is InChI=1S/C7H13N5O2/c1-11(2)5(13)4-12(3)7-10-9-6(8)14-7/h4H2,1-3H3,(H2,8,9). The molecule has 0 aromatic carbocycles. The quantitative estimate of drug-likeness (QED) is 0.684. The third-order valence-corrected chi connectivity index (χ3v) is 1.63. The second kappa shape index (κ2) is 3.95. The van der Waals surface area contributed by atoms with Gasteiger partial charge in [-0.05, 0) is 0 Å². The smallest absolute Gasteiger partial charge is 0.319 e. The van der Waals surface area contributed by atoms with E-state index in [9.17, 15) is 4.79 Å². The van der Waals surface area contributed by atoms with Crippen LogP contribution in [-0.2, 0) is 4.79 Å². The lowest BCUT2D eigenvalue weighted by atomic mass is 10.5. The van der Waals surface area contributed by atoms with Crippen molar-refractivity contribution in [3.8, 4) is 0 Å². The zero-order chi connectivity index (χ0) is 10.7. The minimum atomic E-state index is -0.0516. The van der Waals surface area contributed by atoms with Crippen LogP contribution in [0.2, 0.25) is 0 Å². The summed E-state index contributed by atoms with van der Waals surface area (Å²) in [4.78, 5) is 14.3. The SMILES string of the molecule is CN(C)C(=O)CN(C)c1nnc(N)o1. The molecule has 1 amide bonds. The van der Waals surface area contributed by atoms with Crippen LogP contribution in [0.1, 0.15) is 0 Å². The van der Waals surface area contributed by atoms with Gasteiger partial charge in [-0.1, -0.05) is 10.2 Å². The number of hydrogen-bond acceptors (Lipinski definition) is 6. The third kappa shape index (κ3) is 2.35. The van der Waals surface area contributed by atoms with Crippen molar-refractivity contribution in [3.63, 3.8) is 0 Å². The highest BCUT2D eigenvalue weighted by molar-refractivity contribution is 5.80. The van der Waals surface area contributed by atoms with Crippen LogP contribution >= 0.6 is 0 Å². The molecular weight excluding hydrogens is 186 g/mol. The Labute approximate surface area is 81.5 Å². The van der Waals surface area contributed by atoms with Gasteiger partial charge in [-0.25, -0.2) is 0 Å². The molecule has 0 unspecified atom stereocenters. The molecule has 0 atom stereocenters. The van der Waals surface area contributed by atoms with Gasteiger partial charge in [0.1, 0.15) is 6.54 Å². The van der Waals surface area contributed by atoms with E-state index in [1.165, 1.54) is 9.80 Å². The largest absolute Gasteiger partial charge is 0.390 e. The molecule has 1 rings (SSSR count). The first-order valence-corrected chi connectivity index (χ1v) is 4.01. The molecule has 0 radical (unpaired) electrons. The van der Waals surface area contributed by atoms with Crippen LogP contribution in [0, 0.1) is 0 Å². The van der Waals surface area contributed by atoms with Gasteiger partial charge in [0.2, 0.25) is 5.91 Å². The minimum Gasteiger partial charge on any atom is -0.390 e. The molecule has 1 aromatic heterocycles. The average Bonchev–Trinajstić information content (AvgIpc) is 2.51. The van der Waals surface area contributed by atoms with Crippen LogP contribution in [0.25, 0.3) is 0 Å². The highest BCUT2D eigenvalue weighted by Gasteiger charge is 2.13. The number of nitrogen functional groups attached to an aromatic ring is 1. The Morgan fingerprint density at radius 1 is 1.43 bits per heavy atom. The number of aromatic nitrogens is 2. The summed E-state index contributed by atoms with van der Waals surface area (Å²) >= 11 is 0. The topological polar surface area (TPSA) is 88.5 Å². The van der Waals surface area contributed by atoms with Crippen LogP contribution < -0.4 is 10.6 Å². The maximum atomic E-state index is 11.3. The Hall–Kier alpha value is -1.79. The summed E-state index contributed by atoms with van der Waals surface area (Å²) in [5, 5.41) is 7.13. The summed E-state index contributed by atoms with van der Waals surface area (Å²) < 4.78 is 4.94. The van der Waals surface area contributed by atoms with E-state index in [1.54, 1.807) is 21.1 Å². The van der Waals surface area contributed by atoms with Crippen molar-refractivity contribution in [2.75, 3.05) is 38.3 Å². The molecule has 0 saturated carbocycles. The molecule has 2 N–H and O–H groups in total.